The summed E-state index contributed by atoms with van der Waals surface area (Å²) in [6.07, 6.45) is 5.77. The van der Waals surface area contributed by atoms with Crippen molar-refractivity contribution in [2.75, 3.05) is 0 Å². The Morgan fingerprint density at radius 2 is 1.62 bits per heavy atom. The molecule has 1 unspecified atom stereocenters. The number of rotatable bonds is 4. The van der Waals surface area contributed by atoms with Gasteiger partial charge in [0, 0.05) is 0 Å². The quantitative estimate of drug-likeness (QED) is 0.518. The maximum Gasteiger partial charge on any atom is 0.0925 e. The summed E-state index contributed by atoms with van der Waals surface area (Å²) in [6.45, 7) is 17.5. The zero-order valence-electron chi connectivity index (χ0n) is 9.43. The molecule has 0 saturated carbocycles. The Labute approximate surface area is 83.4 Å². The van der Waals surface area contributed by atoms with Gasteiger partial charge in [0.2, 0.25) is 0 Å². The topological polar surface area (TPSA) is 24.1 Å². The Hall–Kier alpha value is -1.18. The van der Waals surface area contributed by atoms with Gasteiger partial charge in [0.15, 0.2) is 0 Å². The summed E-state index contributed by atoms with van der Waals surface area (Å²) in [6, 6.07) is 0. The molecule has 0 fully saturated rings. The number of hydrogen-bond donors (Lipinski definition) is 2. The van der Waals surface area contributed by atoms with E-state index >= 15 is 0 Å². The highest BCUT2D eigenvalue weighted by Gasteiger charge is 1.87. The molecule has 0 aromatic rings. The zero-order chi connectivity index (χ0) is 11.1. The summed E-state index contributed by atoms with van der Waals surface area (Å²) < 4.78 is 0. The first-order valence-electron chi connectivity index (χ1n) is 4.55. The van der Waals surface area contributed by atoms with E-state index in [9.17, 15) is 0 Å². The van der Waals surface area contributed by atoms with Crippen LogP contribution in [0.5, 0.6) is 0 Å². The van der Waals surface area contributed by atoms with Crippen LogP contribution in [0.4, 0.5) is 0 Å². The van der Waals surface area contributed by atoms with Crippen molar-refractivity contribution < 1.29 is 0 Å². The van der Waals surface area contributed by atoms with Crippen LogP contribution >= 0.6 is 0 Å². The predicted molar refractivity (Wildman–Crippen MR) is 63.3 cm³/mol. The van der Waals surface area contributed by atoms with E-state index in [2.05, 4.69) is 30.4 Å². The van der Waals surface area contributed by atoms with Gasteiger partial charge >= 0.3 is 0 Å². The maximum atomic E-state index is 3.53. The zero-order valence-corrected chi connectivity index (χ0v) is 9.43. The van der Waals surface area contributed by atoms with Crippen molar-refractivity contribution in [2.45, 2.75) is 33.9 Å². The largest absolute Gasteiger partial charge is 0.372 e. The number of hydrogen-bond acceptors (Lipinski definition) is 2. The van der Waals surface area contributed by atoms with E-state index in [1.165, 1.54) is 0 Å². The molecule has 0 heterocycles. The Balaban J connectivity index is -0.000000218. The van der Waals surface area contributed by atoms with Gasteiger partial charge in [-0.15, -0.1) is 13.2 Å². The molecule has 0 radical (unpaired) electrons. The van der Waals surface area contributed by atoms with E-state index in [-0.39, 0.29) is 6.17 Å². The fourth-order valence-corrected chi connectivity index (χ4v) is 0.465. The van der Waals surface area contributed by atoms with Crippen LogP contribution in [0, 0.1) is 0 Å². The van der Waals surface area contributed by atoms with E-state index in [4.69, 9.17) is 0 Å². The molecule has 2 N–H and O–H groups in total. The minimum atomic E-state index is 0.263. The third-order valence-corrected chi connectivity index (χ3v) is 0.881. The highest BCUT2D eigenvalue weighted by Crippen LogP contribution is 1.73. The first-order valence-corrected chi connectivity index (χ1v) is 4.55. The second kappa shape index (κ2) is 22.4. The van der Waals surface area contributed by atoms with E-state index in [0.717, 1.165) is 0 Å². The van der Waals surface area contributed by atoms with Crippen molar-refractivity contribution >= 4 is 0 Å². The lowest BCUT2D eigenvalue weighted by Crippen LogP contribution is -2.32. The lowest BCUT2D eigenvalue weighted by atomic mass is 10.5. The highest BCUT2D eigenvalue weighted by atomic mass is 15.1. The van der Waals surface area contributed by atoms with E-state index in [0.29, 0.717) is 0 Å². The predicted octanol–water partition coefficient (Wildman–Crippen LogP) is 3.02. The second-order valence-corrected chi connectivity index (χ2v) is 1.76. The van der Waals surface area contributed by atoms with E-state index < -0.39 is 0 Å². The average molecular weight is 184 g/mol. The number of allylic oxidation sites excluding steroid dienone is 1. The third-order valence-electron chi connectivity index (χ3n) is 0.881. The molecule has 2 nitrogen and oxygen atoms in total. The van der Waals surface area contributed by atoms with Crippen LogP contribution in [0.25, 0.3) is 0 Å². The molecule has 0 aliphatic carbocycles. The van der Waals surface area contributed by atoms with Gasteiger partial charge in [-0.05, 0) is 26.2 Å². The van der Waals surface area contributed by atoms with Crippen LogP contribution in [0.15, 0.2) is 38.2 Å². The first-order chi connectivity index (χ1) is 6.31. The SMILES string of the molecule is C=C.C=CNC(C)N/C=C\C.CC. The van der Waals surface area contributed by atoms with Gasteiger partial charge in [-0.3, -0.25) is 0 Å². The Bertz CT molecular complexity index is 109. The van der Waals surface area contributed by atoms with Crippen molar-refractivity contribution in [2.24, 2.45) is 0 Å². The monoisotopic (exact) mass is 184 g/mol. The normalized spacial score (nSPS) is 9.85. The van der Waals surface area contributed by atoms with E-state index in [1.54, 1.807) is 6.20 Å². The van der Waals surface area contributed by atoms with Gasteiger partial charge in [-0.1, -0.05) is 26.5 Å². The van der Waals surface area contributed by atoms with Gasteiger partial charge < -0.3 is 10.6 Å². The average Bonchev–Trinajstić information content (AvgIpc) is 2.21. The summed E-state index contributed by atoms with van der Waals surface area (Å²) in [5, 5.41) is 6.05. The van der Waals surface area contributed by atoms with Gasteiger partial charge in [-0.25, -0.2) is 0 Å². The molecule has 2 heteroatoms. The van der Waals surface area contributed by atoms with Gasteiger partial charge in [-0.2, -0.15) is 0 Å². The van der Waals surface area contributed by atoms with Crippen molar-refractivity contribution in [3.63, 3.8) is 0 Å². The van der Waals surface area contributed by atoms with Gasteiger partial charge in [0.05, 0.1) is 6.17 Å². The summed E-state index contributed by atoms with van der Waals surface area (Å²) in [4.78, 5) is 0. The molecule has 0 aromatic carbocycles. The van der Waals surface area contributed by atoms with Crippen molar-refractivity contribution in [1.29, 1.82) is 0 Å². The molecular formula is C11H24N2. The first kappa shape index (κ1) is 17.8. The minimum absolute atomic E-state index is 0.263. The summed E-state index contributed by atoms with van der Waals surface area (Å²) in [5.74, 6) is 0. The molecule has 0 aliphatic rings. The molecule has 0 aromatic heterocycles. The fraction of sp³-hybridized carbons (Fsp3) is 0.455. The van der Waals surface area contributed by atoms with Crippen LogP contribution in [-0.4, -0.2) is 6.17 Å². The molecule has 0 rings (SSSR count). The van der Waals surface area contributed by atoms with Crippen LogP contribution in [0.2, 0.25) is 0 Å². The molecule has 0 bridgehead atoms. The Morgan fingerprint density at radius 3 is 1.92 bits per heavy atom. The minimum Gasteiger partial charge on any atom is -0.372 e. The van der Waals surface area contributed by atoms with Crippen LogP contribution in [-0.2, 0) is 0 Å². The fourth-order valence-electron chi connectivity index (χ4n) is 0.465. The van der Waals surface area contributed by atoms with Crippen molar-refractivity contribution in [3.8, 4) is 0 Å². The third kappa shape index (κ3) is 24.8. The van der Waals surface area contributed by atoms with E-state index in [1.807, 2.05) is 40.0 Å². The Morgan fingerprint density at radius 1 is 1.15 bits per heavy atom. The second-order valence-electron chi connectivity index (χ2n) is 1.76. The summed E-state index contributed by atoms with van der Waals surface area (Å²) in [7, 11) is 0. The smallest absolute Gasteiger partial charge is 0.0925 e. The molecule has 78 valence electrons. The maximum absolute atomic E-state index is 3.53. The van der Waals surface area contributed by atoms with Gasteiger partial charge in [0.1, 0.15) is 0 Å². The lowest BCUT2D eigenvalue weighted by molar-refractivity contribution is 0.582. The summed E-state index contributed by atoms with van der Waals surface area (Å²) in [5.41, 5.74) is 0. The molecule has 0 aliphatic heterocycles. The number of nitrogens with one attached hydrogen (secondary N) is 2. The molecule has 1 atom stereocenters. The van der Waals surface area contributed by atoms with Gasteiger partial charge in [0.25, 0.3) is 0 Å². The molecule has 13 heavy (non-hydrogen) atoms. The summed E-state index contributed by atoms with van der Waals surface area (Å²) >= 11 is 0. The Kier molecular flexibility index (Phi) is 30.7. The van der Waals surface area contributed by atoms with Crippen molar-refractivity contribution in [3.05, 3.63) is 38.2 Å². The highest BCUT2D eigenvalue weighted by molar-refractivity contribution is 4.78. The van der Waals surface area contributed by atoms with Crippen LogP contribution in [0.3, 0.4) is 0 Å². The van der Waals surface area contributed by atoms with Crippen LogP contribution in [0.1, 0.15) is 27.7 Å². The van der Waals surface area contributed by atoms with Crippen LogP contribution < -0.4 is 10.6 Å². The molecule has 0 amide bonds. The molecule has 0 spiro atoms. The molecule has 0 saturated heterocycles. The standard InChI is InChI=1S/C7H14N2.C2H6.C2H4/c1-4-6-9-7(3)8-5-2;2*1-2/h4-9H,2H2,1,3H3;1-2H3;1-2H2/b6-4-;;. The van der Waals surface area contributed by atoms with Crippen molar-refractivity contribution in [1.82, 2.24) is 10.6 Å². The molecular weight excluding hydrogens is 160 g/mol. The lowest BCUT2D eigenvalue weighted by Gasteiger charge is -2.10.